The van der Waals surface area contributed by atoms with Gasteiger partial charge in [0, 0.05) is 0 Å². The monoisotopic (exact) mass is 315 g/mol. The average molecular weight is 316 g/mol. The maximum atomic E-state index is 13.3. The van der Waals surface area contributed by atoms with E-state index in [-0.39, 0.29) is 10.9 Å². The summed E-state index contributed by atoms with van der Waals surface area (Å²) < 4.78 is 38.8. The molecule has 0 aromatic heterocycles. The van der Waals surface area contributed by atoms with Crippen LogP contribution in [0.4, 0.5) is 4.39 Å². The Kier molecular flexibility index (Phi) is 4.74. The van der Waals surface area contributed by atoms with Crippen LogP contribution in [-0.4, -0.2) is 26.0 Å². The largest absolute Gasteiger partial charge is 0.409 e. The number of oxime groups is 1. The second-order valence-corrected chi connectivity index (χ2v) is 5.61. The van der Waals surface area contributed by atoms with Gasteiger partial charge < -0.3 is 10.9 Å². The average Bonchev–Trinajstić information content (AvgIpc) is 2.32. The van der Waals surface area contributed by atoms with E-state index in [1.807, 2.05) is 4.72 Å². The van der Waals surface area contributed by atoms with Crippen molar-refractivity contribution in [3.63, 3.8) is 0 Å². The van der Waals surface area contributed by atoms with E-state index in [0.29, 0.717) is 0 Å². The minimum atomic E-state index is -4.09. The third kappa shape index (κ3) is 3.22. The van der Waals surface area contributed by atoms with Crippen LogP contribution < -0.4 is 10.5 Å². The molecule has 0 unspecified atom stereocenters. The maximum absolute atomic E-state index is 13.3. The number of nitrogens with one attached hydrogen (secondary N) is 1. The van der Waals surface area contributed by atoms with E-state index in [0.717, 1.165) is 12.1 Å². The van der Waals surface area contributed by atoms with Crippen LogP contribution in [0.1, 0.15) is 0 Å². The van der Waals surface area contributed by atoms with Gasteiger partial charge >= 0.3 is 0 Å². The zero-order valence-corrected chi connectivity index (χ0v) is 11.0. The number of nitrogens with two attached hydrogens (primary N) is 1. The van der Waals surface area contributed by atoms with E-state index in [1.54, 1.807) is 0 Å². The Morgan fingerprint density at radius 3 is 2.67 bits per heavy atom. The van der Waals surface area contributed by atoms with Gasteiger partial charge in [-0.1, -0.05) is 28.4 Å². The minimum absolute atomic E-state index is 0.296. The van der Waals surface area contributed by atoms with E-state index in [4.69, 9.17) is 34.1 Å². The Labute approximate surface area is 112 Å². The van der Waals surface area contributed by atoms with Crippen molar-refractivity contribution in [3.8, 4) is 0 Å². The van der Waals surface area contributed by atoms with Crippen molar-refractivity contribution in [3.05, 3.63) is 28.0 Å². The molecule has 0 aliphatic rings. The summed E-state index contributed by atoms with van der Waals surface area (Å²) in [6.07, 6.45) is 0. The first-order chi connectivity index (χ1) is 8.29. The molecule has 0 aliphatic heterocycles. The van der Waals surface area contributed by atoms with E-state index in [9.17, 15) is 12.8 Å². The van der Waals surface area contributed by atoms with E-state index in [1.165, 1.54) is 0 Å². The van der Waals surface area contributed by atoms with Gasteiger partial charge in [0.25, 0.3) is 0 Å². The molecule has 1 aromatic carbocycles. The highest BCUT2D eigenvalue weighted by Crippen LogP contribution is 2.29. The molecule has 0 radical (unpaired) electrons. The quantitative estimate of drug-likeness (QED) is 0.255. The molecule has 100 valence electrons. The van der Waals surface area contributed by atoms with Gasteiger partial charge in [-0.2, -0.15) is 0 Å². The maximum Gasteiger partial charge on any atom is 0.242 e. The number of rotatable bonds is 4. The first-order valence-corrected chi connectivity index (χ1v) is 6.63. The molecule has 0 saturated heterocycles. The molecule has 1 rings (SSSR count). The standard InChI is InChI=1S/C8H8Cl2FN3O3S/c9-4-1-2-5(7(10)8(4)11)18(16,17)13-3-6(12)14-15/h1-2,13,15H,3H2,(H2,12,14). The second-order valence-electron chi connectivity index (χ2n) is 3.09. The molecule has 0 fully saturated rings. The van der Waals surface area contributed by atoms with Crippen molar-refractivity contribution in [2.24, 2.45) is 10.9 Å². The smallest absolute Gasteiger partial charge is 0.242 e. The highest BCUT2D eigenvalue weighted by molar-refractivity contribution is 7.89. The van der Waals surface area contributed by atoms with Crippen LogP contribution in [0, 0.1) is 5.82 Å². The summed E-state index contributed by atoms with van der Waals surface area (Å²) in [5.41, 5.74) is 5.10. The third-order valence-electron chi connectivity index (χ3n) is 1.86. The Morgan fingerprint density at radius 2 is 2.11 bits per heavy atom. The van der Waals surface area contributed by atoms with Crippen molar-refractivity contribution < 1.29 is 18.0 Å². The minimum Gasteiger partial charge on any atom is -0.409 e. The van der Waals surface area contributed by atoms with Crippen LogP contribution in [0.15, 0.2) is 22.2 Å². The van der Waals surface area contributed by atoms with Gasteiger partial charge in [-0.15, -0.1) is 0 Å². The highest BCUT2D eigenvalue weighted by atomic mass is 35.5. The number of nitrogens with zero attached hydrogens (tertiary/aromatic N) is 1. The summed E-state index contributed by atoms with van der Waals surface area (Å²) in [7, 11) is -4.09. The molecule has 6 nitrogen and oxygen atoms in total. The molecule has 0 aliphatic carbocycles. The highest BCUT2D eigenvalue weighted by Gasteiger charge is 2.21. The zero-order valence-electron chi connectivity index (χ0n) is 8.69. The Balaban J connectivity index is 3.10. The van der Waals surface area contributed by atoms with Crippen LogP contribution >= 0.6 is 23.2 Å². The Morgan fingerprint density at radius 1 is 1.50 bits per heavy atom. The summed E-state index contributed by atoms with van der Waals surface area (Å²) >= 11 is 11.0. The van der Waals surface area contributed by atoms with Crippen molar-refractivity contribution in [1.29, 1.82) is 0 Å². The fourth-order valence-electron chi connectivity index (χ4n) is 0.998. The van der Waals surface area contributed by atoms with Gasteiger partial charge in [-0.3, -0.25) is 0 Å². The lowest BCUT2D eigenvalue weighted by atomic mass is 10.3. The SMILES string of the molecule is N/C(CNS(=O)(=O)c1ccc(Cl)c(F)c1Cl)=N/O. The van der Waals surface area contributed by atoms with Gasteiger partial charge in [0.05, 0.1) is 16.6 Å². The zero-order chi connectivity index (χ0) is 13.9. The van der Waals surface area contributed by atoms with Crippen LogP contribution in [0.5, 0.6) is 0 Å². The predicted molar refractivity (Wildman–Crippen MR) is 65.0 cm³/mol. The second kappa shape index (κ2) is 5.70. The van der Waals surface area contributed by atoms with Crippen LogP contribution in [0.3, 0.4) is 0 Å². The van der Waals surface area contributed by atoms with Crippen molar-refractivity contribution in [2.45, 2.75) is 4.90 Å². The summed E-state index contributed by atoms with van der Waals surface area (Å²) in [5.74, 6) is -1.39. The molecule has 4 N–H and O–H groups in total. The van der Waals surface area contributed by atoms with E-state index >= 15 is 0 Å². The lowest BCUT2D eigenvalue weighted by Gasteiger charge is -2.08. The third-order valence-corrected chi connectivity index (χ3v) is 4.08. The summed E-state index contributed by atoms with van der Waals surface area (Å²) in [5, 5.41) is 9.91. The normalized spacial score (nSPS) is 12.7. The molecule has 0 saturated carbocycles. The first-order valence-electron chi connectivity index (χ1n) is 4.39. The number of benzene rings is 1. The van der Waals surface area contributed by atoms with E-state index < -0.39 is 32.3 Å². The van der Waals surface area contributed by atoms with Gasteiger partial charge in [0.15, 0.2) is 11.7 Å². The molecule has 1 aromatic rings. The van der Waals surface area contributed by atoms with Crippen molar-refractivity contribution >= 4 is 39.1 Å². The molecule has 0 heterocycles. The molecular formula is C8H8Cl2FN3O3S. The summed E-state index contributed by atoms with van der Waals surface area (Å²) in [6, 6.07) is 2.10. The van der Waals surface area contributed by atoms with Gasteiger partial charge in [0.1, 0.15) is 4.90 Å². The van der Waals surface area contributed by atoms with Crippen LogP contribution in [0.25, 0.3) is 0 Å². The topological polar surface area (TPSA) is 105 Å². The molecule has 0 bridgehead atoms. The van der Waals surface area contributed by atoms with Crippen molar-refractivity contribution in [2.75, 3.05) is 6.54 Å². The first kappa shape index (κ1) is 15.0. The summed E-state index contributed by atoms with van der Waals surface area (Å²) in [6.45, 7) is -0.445. The molecule has 10 heteroatoms. The number of hydrogen-bond donors (Lipinski definition) is 3. The Hall–Kier alpha value is -1.09. The van der Waals surface area contributed by atoms with Gasteiger partial charge in [0.2, 0.25) is 10.0 Å². The fourth-order valence-corrected chi connectivity index (χ4v) is 2.74. The molecule has 0 spiro atoms. The lowest BCUT2D eigenvalue weighted by molar-refractivity contribution is 0.317. The lowest BCUT2D eigenvalue weighted by Crippen LogP contribution is -2.33. The van der Waals surface area contributed by atoms with Gasteiger partial charge in [-0.05, 0) is 12.1 Å². The number of amidine groups is 1. The molecule has 18 heavy (non-hydrogen) atoms. The number of hydrogen-bond acceptors (Lipinski definition) is 4. The molecule has 0 amide bonds. The molecule has 0 atom stereocenters. The van der Waals surface area contributed by atoms with E-state index in [2.05, 4.69) is 5.16 Å². The fraction of sp³-hybridized carbons (Fsp3) is 0.125. The predicted octanol–water partition coefficient (Wildman–Crippen LogP) is 1.16. The summed E-state index contributed by atoms with van der Waals surface area (Å²) in [4.78, 5) is -0.489. The molecular weight excluding hydrogens is 308 g/mol. The number of sulfonamides is 1. The number of halogens is 3. The van der Waals surface area contributed by atoms with Gasteiger partial charge in [-0.25, -0.2) is 17.5 Å². The van der Waals surface area contributed by atoms with Crippen LogP contribution in [0.2, 0.25) is 10.0 Å². The van der Waals surface area contributed by atoms with Crippen molar-refractivity contribution in [1.82, 2.24) is 4.72 Å². The van der Waals surface area contributed by atoms with Crippen LogP contribution in [-0.2, 0) is 10.0 Å². The Bertz CT molecular complexity index is 591.